The van der Waals surface area contributed by atoms with Gasteiger partial charge in [0.15, 0.2) is 0 Å². The number of non-ortho nitro benzene ring substituents is 1. The molecule has 1 aliphatic heterocycles. The van der Waals surface area contributed by atoms with Crippen molar-refractivity contribution in [3.63, 3.8) is 0 Å². The van der Waals surface area contributed by atoms with Crippen LogP contribution >= 0.6 is 0 Å². The zero-order valence-corrected chi connectivity index (χ0v) is 12.0. The molecule has 110 valence electrons. The van der Waals surface area contributed by atoms with E-state index in [1.807, 2.05) is 13.0 Å². The number of hydrogen-bond donors (Lipinski definition) is 1. The maximum absolute atomic E-state index is 11.2. The summed E-state index contributed by atoms with van der Waals surface area (Å²) in [5, 5.41) is 16.0. The van der Waals surface area contributed by atoms with E-state index in [0.29, 0.717) is 12.0 Å². The average Bonchev–Trinajstić information content (AvgIpc) is 2.85. The molecule has 0 bridgehead atoms. The predicted molar refractivity (Wildman–Crippen MR) is 80.6 cm³/mol. The van der Waals surface area contributed by atoms with Gasteiger partial charge in [0, 0.05) is 35.6 Å². The molecule has 1 aromatic heterocycles. The zero-order valence-electron chi connectivity index (χ0n) is 12.0. The number of aryl methyl sites for hydroxylation is 1. The Balaban J connectivity index is 2.12. The number of nitrogens with one attached hydrogen (secondary N) is 1. The van der Waals surface area contributed by atoms with Gasteiger partial charge in [-0.25, -0.2) is 0 Å². The van der Waals surface area contributed by atoms with E-state index in [9.17, 15) is 10.1 Å². The fraction of sp³-hybridized carbons (Fsp3) is 0.400. The lowest BCUT2D eigenvalue weighted by Crippen LogP contribution is -2.35. The highest BCUT2D eigenvalue weighted by atomic mass is 16.6. The number of rotatable bonds is 3. The lowest BCUT2D eigenvalue weighted by Gasteiger charge is -2.26. The average molecular weight is 287 g/mol. The standard InChI is InChI=1S/C15H17N3O3/c1-10-7-11-12(8-16-10)14(18(19)20)4-3-13(11)17-15(2)5-6-21-9-15/h3-4,7-8,17H,5-6,9H2,1-2H3. The van der Waals surface area contributed by atoms with Crippen molar-refractivity contribution < 1.29 is 9.66 Å². The highest BCUT2D eigenvalue weighted by Crippen LogP contribution is 2.34. The molecule has 0 aliphatic carbocycles. The fourth-order valence-electron chi connectivity index (χ4n) is 2.69. The molecule has 0 amide bonds. The molecule has 1 N–H and O–H groups in total. The second-order valence-electron chi connectivity index (χ2n) is 5.75. The van der Waals surface area contributed by atoms with Gasteiger partial charge < -0.3 is 10.1 Å². The van der Waals surface area contributed by atoms with E-state index < -0.39 is 0 Å². The minimum absolute atomic E-state index is 0.0795. The molecule has 0 spiro atoms. The van der Waals surface area contributed by atoms with E-state index in [4.69, 9.17) is 4.74 Å². The van der Waals surface area contributed by atoms with Crippen LogP contribution in [0.4, 0.5) is 11.4 Å². The lowest BCUT2D eigenvalue weighted by molar-refractivity contribution is -0.383. The van der Waals surface area contributed by atoms with Crippen molar-refractivity contribution in [2.75, 3.05) is 18.5 Å². The van der Waals surface area contributed by atoms with Gasteiger partial charge in [0.2, 0.25) is 0 Å². The van der Waals surface area contributed by atoms with Crippen molar-refractivity contribution in [2.24, 2.45) is 0 Å². The fourth-order valence-corrected chi connectivity index (χ4v) is 2.69. The maximum atomic E-state index is 11.2. The molecular weight excluding hydrogens is 270 g/mol. The van der Waals surface area contributed by atoms with Gasteiger partial charge >= 0.3 is 0 Å². The zero-order chi connectivity index (χ0) is 15.0. The number of nitro benzene ring substituents is 1. The number of pyridine rings is 1. The van der Waals surface area contributed by atoms with E-state index in [-0.39, 0.29) is 16.1 Å². The molecule has 6 nitrogen and oxygen atoms in total. The minimum atomic E-state index is -0.372. The Hall–Kier alpha value is -2.21. The molecule has 3 rings (SSSR count). The second kappa shape index (κ2) is 4.96. The van der Waals surface area contributed by atoms with Gasteiger partial charge in [0.05, 0.1) is 22.5 Å². The summed E-state index contributed by atoms with van der Waals surface area (Å²) in [6.07, 6.45) is 2.48. The maximum Gasteiger partial charge on any atom is 0.278 e. The molecule has 6 heteroatoms. The largest absolute Gasteiger partial charge is 0.379 e. The Bertz CT molecular complexity index is 709. The van der Waals surface area contributed by atoms with Crippen LogP contribution in [-0.2, 0) is 4.74 Å². The van der Waals surface area contributed by atoms with Crippen LogP contribution in [0.3, 0.4) is 0 Å². The second-order valence-corrected chi connectivity index (χ2v) is 5.75. The first kappa shape index (κ1) is 13.8. The number of fused-ring (bicyclic) bond motifs is 1. The predicted octanol–water partition coefficient (Wildman–Crippen LogP) is 3.04. The number of anilines is 1. The Kier molecular flexibility index (Phi) is 3.25. The first-order chi connectivity index (χ1) is 9.98. The third-order valence-electron chi connectivity index (χ3n) is 3.87. The number of benzene rings is 1. The molecule has 1 aliphatic rings. The van der Waals surface area contributed by atoms with Gasteiger partial charge in [-0.05, 0) is 32.4 Å². The van der Waals surface area contributed by atoms with Crippen LogP contribution in [-0.4, -0.2) is 28.7 Å². The molecule has 1 fully saturated rings. The summed E-state index contributed by atoms with van der Waals surface area (Å²) in [4.78, 5) is 15.0. The van der Waals surface area contributed by atoms with Crippen molar-refractivity contribution >= 4 is 22.1 Å². The molecule has 0 radical (unpaired) electrons. The van der Waals surface area contributed by atoms with Crippen LogP contribution in [0.2, 0.25) is 0 Å². The SMILES string of the molecule is Cc1cc2c(NC3(C)CCOC3)ccc([N+](=O)[O-])c2cn1. The first-order valence-electron chi connectivity index (χ1n) is 6.88. The smallest absolute Gasteiger partial charge is 0.278 e. The molecule has 2 heterocycles. The van der Waals surface area contributed by atoms with E-state index in [1.165, 1.54) is 6.07 Å². The molecular formula is C15H17N3O3. The first-order valence-corrected chi connectivity index (χ1v) is 6.88. The molecule has 2 aromatic rings. The van der Waals surface area contributed by atoms with E-state index in [2.05, 4.69) is 17.2 Å². The van der Waals surface area contributed by atoms with Crippen LogP contribution in [0.5, 0.6) is 0 Å². The van der Waals surface area contributed by atoms with Gasteiger partial charge in [-0.1, -0.05) is 0 Å². The number of aromatic nitrogens is 1. The van der Waals surface area contributed by atoms with Crippen LogP contribution < -0.4 is 5.32 Å². The van der Waals surface area contributed by atoms with Gasteiger partial charge in [-0.3, -0.25) is 15.1 Å². The highest BCUT2D eigenvalue weighted by molar-refractivity contribution is 5.99. The van der Waals surface area contributed by atoms with E-state index in [0.717, 1.165) is 29.8 Å². The Labute approximate surface area is 122 Å². The summed E-state index contributed by atoms with van der Waals surface area (Å²) in [5.41, 5.74) is 1.66. The third kappa shape index (κ3) is 2.54. The summed E-state index contributed by atoms with van der Waals surface area (Å²) in [6.45, 7) is 5.34. The van der Waals surface area contributed by atoms with Crippen molar-refractivity contribution in [3.05, 3.63) is 40.2 Å². The summed E-state index contributed by atoms with van der Waals surface area (Å²) >= 11 is 0. The Morgan fingerprint density at radius 1 is 1.43 bits per heavy atom. The van der Waals surface area contributed by atoms with Crippen LogP contribution in [0.15, 0.2) is 24.4 Å². The van der Waals surface area contributed by atoms with Crippen LogP contribution in [0.1, 0.15) is 19.0 Å². The normalized spacial score (nSPS) is 21.6. The monoisotopic (exact) mass is 287 g/mol. The summed E-state index contributed by atoms with van der Waals surface area (Å²) in [6, 6.07) is 5.17. The quantitative estimate of drug-likeness (QED) is 0.693. The molecule has 1 saturated heterocycles. The van der Waals surface area contributed by atoms with Crippen LogP contribution in [0, 0.1) is 17.0 Å². The molecule has 1 unspecified atom stereocenters. The summed E-state index contributed by atoms with van der Waals surface area (Å²) < 4.78 is 5.45. The molecule has 1 atom stereocenters. The number of nitro groups is 1. The molecule has 0 saturated carbocycles. The van der Waals surface area contributed by atoms with E-state index >= 15 is 0 Å². The lowest BCUT2D eigenvalue weighted by atomic mass is 9.99. The van der Waals surface area contributed by atoms with Crippen LogP contribution in [0.25, 0.3) is 10.8 Å². The van der Waals surface area contributed by atoms with Crippen molar-refractivity contribution in [3.8, 4) is 0 Å². The summed E-state index contributed by atoms with van der Waals surface area (Å²) in [7, 11) is 0. The van der Waals surface area contributed by atoms with Gasteiger partial charge in [0.25, 0.3) is 5.69 Å². The minimum Gasteiger partial charge on any atom is -0.379 e. The van der Waals surface area contributed by atoms with Crippen molar-refractivity contribution in [1.82, 2.24) is 4.98 Å². The van der Waals surface area contributed by atoms with Gasteiger partial charge in [-0.2, -0.15) is 0 Å². The Morgan fingerprint density at radius 2 is 2.24 bits per heavy atom. The number of nitrogens with zero attached hydrogens (tertiary/aromatic N) is 2. The number of ether oxygens (including phenoxy) is 1. The molecule has 21 heavy (non-hydrogen) atoms. The Morgan fingerprint density at radius 3 is 2.90 bits per heavy atom. The van der Waals surface area contributed by atoms with Crippen molar-refractivity contribution in [2.45, 2.75) is 25.8 Å². The summed E-state index contributed by atoms with van der Waals surface area (Å²) in [5.74, 6) is 0. The van der Waals surface area contributed by atoms with Crippen molar-refractivity contribution in [1.29, 1.82) is 0 Å². The highest BCUT2D eigenvalue weighted by Gasteiger charge is 2.30. The topological polar surface area (TPSA) is 77.3 Å². The third-order valence-corrected chi connectivity index (χ3v) is 3.87. The van der Waals surface area contributed by atoms with Gasteiger partial charge in [0.1, 0.15) is 0 Å². The van der Waals surface area contributed by atoms with E-state index in [1.54, 1.807) is 12.3 Å². The van der Waals surface area contributed by atoms with Gasteiger partial charge in [-0.15, -0.1) is 0 Å². The molecule has 1 aromatic carbocycles. The number of hydrogen-bond acceptors (Lipinski definition) is 5.